The molecule has 1 aliphatic rings. The highest BCUT2D eigenvalue weighted by atomic mass is 35.5. The first-order chi connectivity index (χ1) is 15.4. The van der Waals surface area contributed by atoms with E-state index in [1.165, 1.54) is 24.3 Å². The number of carbonyl (C=O) groups is 3. The van der Waals surface area contributed by atoms with E-state index in [4.69, 9.17) is 16.3 Å². The van der Waals surface area contributed by atoms with Gasteiger partial charge in [0.25, 0.3) is 11.1 Å². The summed E-state index contributed by atoms with van der Waals surface area (Å²) in [6.45, 7) is -0.149. The fourth-order valence-electron chi connectivity index (χ4n) is 3.04. The summed E-state index contributed by atoms with van der Waals surface area (Å²) in [5.41, 5.74) is 1.05. The lowest BCUT2D eigenvalue weighted by Gasteiger charge is -2.12. The predicted molar refractivity (Wildman–Crippen MR) is 121 cm³/mol. The van der Waals surface area contributed by atoms with E-state index >= 15 is 0 Å². The van der Waals surface area contributed by atoms with Gasteiger partial charge >= 0.3 is 5.97 Å². The van der Waals surface area contributed by atoms with Gasteiger partial charge in [-0.1, -0.05) is 54.1 Å². The molecule has 0 saturated carbocycles. The standard InChI is InChI=1S/C24H15ClFNO4S/c25-19-10-3-2-9-18(19)23(29)31-17-8-5-6-15(12-17)13-21-22(28)27(24(30)32-21)14-16-7-1-4-11-20(16)26/h1-13H,14H2/b21-13-. The maximum absolute atomic E-state index is 13.9. The summed E-state index contributed by atoms with van der Waals surface area (Å²) in [7, 11) is 0. The van der Waals surface area contributed by atoms with Crippen molar-refractivity contribution in [1.82, 2.24) is 4.90 Å². The zero-order valence-corrected chi connectivity index (χ0v) is 18.0. The lowest BCUT2D eigenvalue weighted by Crippen LogP contribution is -2.27. The summed E-state index contributed by atoms with van der Waals surface area (Å²) in [4.78, 5) is 38.6. The van der Waals surface area contributed by atoms with Gasteiger partial charge in [-0.05, 0) is 53.7 Å². The van der Waals surface area contributed by atoms with E-state index in [0.29, 0.717) is 5.56 Å². The number of benzene rings is 3. The molecular weight excluding hydrogens is 453 g/mol. The lowest BCUT2D eigenvalue weighted by atomic mass is 10.2. The molecule has 1 heterocycles. The van der Waals surface area contributed by atoms with Crippen molar-refractivity contribution in [2.75, 3.05) is 0 Å². The van der Waals surface area contributed by atoms with Crippen molar-refractivity contribution in [3.8, 4) is 5.75 Å². The monoisotopic (exact) mass is 467 g/mol. The van der Waals surface area contributed by atoms with E-state index in [1.54, 1.807) is 54.6 Å². The fraction of sp³-hybridized carbons (Fsp3) is 0.0417. The highest BCUT2D eigenvalue weighted by Gasteiger charge is 2.35. The van der Waals surface area contributed by atoms with Crippen LogP contribution < -0.4 is 4.74 Å². The molecule has 4 rings (SSSR count). The van der Waals surface area contributed by atoms with Crippen LogP contribution in [0.25, 0.3) is 6.08 Å². The molecule has 0 radical (unpaired) electrons. The third-order valence-electron chi connectivity index (χ3n) is 4.62. The van der Waals surface area contributed by atoms with Gasteiger partial charge in [0, 0.05) is 5.56 Å². The maximum Gasteiger partial charge on any atom is 0.345 e. The SMILES string of the molecule is O=C(Oc1cccc(/C=C2\SC(=O)N(Cc3ccccc3F)C2=O)c1)c1ccccc1Cl. The van der Waals surface area contributed by atoms with Crippen molar-refractivity contribution in [1.29, 1.82) is 0 Å². The number of halogens is 2. The molecule has 8 heteroatoms. The molecule has 1 fully saturated rings. The molecular formula is C24H15ClFNO4S. The van der Waals surface area contributed by atoms with Gasteiger partial charge in [0.15, 0.2) is 0 Å². The first-order valence-corrected chi connectivity index (χ1v) is 10.7. The Bertz CT molecular complexity index is 1260. The van der Waals surface area contributed by atoms with E-state index in [0.717, 1.165) is 16.7 Å². The Hall–Kier alpha value is -3.42. The number of hydrogen-bond acceptors (Lipinski definition) is 5. The van der Waals surface area contributed by atoms with Crippen LogP contribution in [0.4, 0.5) is 9.18 Å². The highest BCUT2D eigenvalue weighted by molar-refractivity contribution is 8.18. The van der Waals surface area contributed by atoms with Crippen LogP contribution in [0.2, 0.25) is 5.02 Å². The van der Waals surface area contributed by atoms with Crippen LogP contribution in [0.5, 0.6) is 5.75 Å². The van der Waals surface area contributed by atoms with E-state index in [1.807, 2.05) is 0 Å². The van der Waals surface area contributed by atoms with Gasteiger partial charge < -0.3 is 4.74 Å². The number of carbonyl (C=O) groups excluding carboxylic acids is 3. The van der Waals surface area contributed by atoms with Gasteiger partial charge in [-0.2, -0.15) is 0 Å². The fourth-order valence-corrected chi connectivity index (χ4v) is 4.09. The first-order valence-electron chi connectivity index (χ1n) is 9.48. The van der Waals surface area contributed by atoms with Crippen LogP contribution in [0.1, 0.15) is 21.5 Å². The van der Waals surface area contributed by atoms with E-state index in [-0.39, 0.29) is 33.3 Å². The van der Waals surface area contributed by atoms with Crippen molar-refractivity contribution >= 4 is 46.6 Å². The molecule has 160 valence electrons. The number of imide groups is 1. The van der Waals surface area contributed by atoms with Crippen LogP contribution in [-0.4, -0.2) is 22.0 Å². The van der Waals surface area contributed by atoms with Gasteiger partial charge in [-0.25, -0.2) is 9.18 Å². The smallest absolute Gasteiger partial charge is 0.345 e. The number of hydrogen-bond donors (Lipinski definition) is 0. The van der Waals surface area contributed by atoms with Gasteiger partial charge in [0.1, 0.15) is 11.6 Å². The molecule has 3 aromatic carbocycles. The molecule has 0 aromatic heterocycles. The molecule has 32 heavy (non-hydrogen) atoms. The summed E-state index contributed by atoms with van der Waals surface area (Å²) in [5, 5.41) is -0.206. The molecule has 3 aromatic rings. The largest absolute Gasteiger partial charge is 0.423 e. The van der Waals surface area contributed by atoms with Crippen molar-refractivity contribution in [3.63, 3.8) is 0 Å². The van der Waals surface area contributed by atoms with Gasteiger partial charge in [0.05, 0.1) is 22.0 Å². The first kappa shape index (κ1) is 21.8. The number of amides is 2. The summed E-state index contributed by atoms with van der Waals surface area (Å²) >= 11 is 6.80. The Morgan fingerprint density at radius 3 is 2.56 bits per heavy atom. The maximum atomic E-state index is 13.9. The van der Waals surface area contributed by atoms with Gasteiger partial charge in [-0.3, -0.25) is 14.5 Å². The third-order valence-corrected chi connectivity index (χ3v) is 5.86. The number of esters is 1. The zero-order chi connectivity index (χ0) is 22.7. The van der Waals surface area contributed by atoms with Crippen LogP contribution in [0.15, 0.2) is 77.7 Å². The zero-order valence-electron chi connectivity index (χ0n) is 16.5. The molecule has 2 amide bonds. The average molecular weight is 468 g/mol. The molecule has 1 saturated heterocycles. The molecule has 0 bridgehead atoms. The minimum atomic E-state index is -0.613. The number of thioether (sulfide) groups is 1. The molecule has 0 unspecified atom stereocenters. The average Bonchev–Trinajstić information content (AvgIpc) is 3.03. The minimum absolute atomic E-state index is 0.149. The summed E-state index contributed by atoms with van der Waals surface area (Å²) in [5.74, 6) is -1.35. The molecule has 0 atom stereocenters. The second-order valence-corrected chi connectivity index (χ2v) is 8.20. The highest BCUT2D eigenvalue weighted by Crippen LogP contribution is 2.34. The van der Waals surface area contributed by atoms with Gasteiger partial charge in [-0.15, -0.1) is 0 Å². The van der Waals surface area contributed by atoms with E-state index in [2.05, 4.69) is 0 Å². The molecule has 5 nitrogen and oxygen atoms in total. The summed E-state index contributed by atoms with van der Waals surface area (Å²) in [6, 6.07) is 19.0. The van der Waals surface area contributed by atoms with Crippen molar-refractivity contribution in [2.45, 2.75) is 6.54 Å². The Balaban J connectivity index is 1.51. The summed E-state index contributed by atoms with van der Waals surface area (Å²) in [6.07, 6.45) is 1.53. The van der Waals surface area contributed by atoms with Crippen LogP contribution in [0, 0.1) is 5.82 Å². The third kappa shape index (κ3) is 4.74. The summed E-state index contributed by atoms with van der Waals surface area (Å²) < 4.78 is 19.3. The number of nitrogens with zero attached hydrogens (tertiary/aromatic N) is 1. The Labute approximate surface area is 192 Å². The van der Waals surface area contributed by atoms with E-state index < -0.39 is 22.9 Å². The van der Waals surface area contributed by atoms with E-state index in [9.17, 15) is 18.8 Å². The number of ether oxygens (including phenoxy) is 1. The predicted octanol–water partition coefficient (Wildman–Crippen LogP) is 5.93. The van der Waals surface area contributed by atoms with Crippen LogP contribution >= 0.6 is 23.4 Å². The molecule has 1 aliphatic heterocycles. The van der Waals surface area contributed by atoms with Gasteiger partial charge in [0.2, 0.25) is 0 Å². The van der Waals surface area contributed by atoms with Crippen molar-refractivity contribution in [2.24, 2.45) is 0 Å². The normalized spacial score (nSPS) is 14.8. The molecule has 0 spiro atoms. The minimum Gasteiger partial charge on any atom is -0.423 e. The second kappa shape index (κ2) is 9.38. The van der Waals surface area contributed by atoms with Crippen molar-refractivity contribution in [3.05, 3.63) is 105 Å². The molecule has 0 N–H and O–H groups in total. The second-order valence-electron chi connectivity index (χ2n) is 6.80. The topological polar surface area (TPSA) is 63.7 Å². The van der Waals surface area contributed by atoms with Crippen LogP contribution in [-0.2, 0) is 11.3 Å². The Morgan fingerprint density at radius 1 is 1.03 bits per heavy atom. The Kier molecular flexibility index (Phi) is 6.39. The Morgan fingerprint density at radius 2 is 1.78 bits per heavy atom. The van der Waals surface area contributed by atoms with Crippen molar-refractivity contribution < 1.29 is 23.5 Å². The quantitative estimate of drug-likeness (QED) is 0.264. The number of rotatable bonds is 5. The molecule has 0 aliphatic carbocycles. The van der Waals surface area contributed by atoms with Crippen LogP contribution in [0.3, 0.4) is 0 Å². The lowest BCUT2D eigenvalue weighted by molar-refractivity contribution is -0.123.